The van der Waals surface area contributed by atoms with E-state index in [0.717, 1.165) is 61.3 Å². The predicted molar refractivity (Wildman–Crippen MR) is 133 cm³/mol. The first kappa shape index (κ1) is 25.0. The number of aliphatic carboxylic acids is 1. The molecule has 1 aromatic rings. The standard InChI is InChI=1S/C23H28N4O4S2/c1-4-5-9-26-20(25-8-6-7-14(2)12-25)16(15(3)17(11-24)21(26)30)10-18-22(31)27(13-19(28)29)23(32)33-18/h10,14H,4-9,12-13H2,1-3H3,(H,28,29)/b18-10+. The van der Waals surface area contributed by atoms with Gasteiger partial charge >= 0.3 is 5.97 Å². The third-order valence-corrected chi connectivity index (χ3v) is 7.36. The molecular formula is C23H28N4O4S2. The van der Waals surface area contributed by atoms with Gasteiger partial charge in [0, 0.05) is 25.2 Å². The van der Waals surface area contributed by atoms with Crippen molar-refractivity contribution >= 4 is 52.1 Å². The van der Waals surface area contributed by atoms with Crippen LogP contribution >= 0.6 is 24.0 Å². The van der Waals surface area contributed by atoms with Crippen molar-refractivity contribution in [3.05, 3.63) is 31.9 Å². The zero-order valence-electron chi connectivity index (χ0n) is 19.1. The minimum absolute atomic E-state index is 0.0622. The second-order valence-corrected chi connectivity index (χ2v) is 10.2. The quantitative estimate of drug-likeness (QED) is 0.460. The topological polar surface area (TPSA) is 107 Å². The highest BCUT2D eigenvalue weighted by Crippen LogP contribution is 2.36. The number of thioether (sulfide) groups is 1. The molecule has 0 saturated carbocycles. The zero-order chi connectivity index (χ0) is 24.3. The molecule has 1 atom stereocenters. The molecular weight excluding hydrogens is 460 g/mol. The van der Waals surface area contributed by atoms with E-state index >= 15 is 0 Å². The van der Waals surface area contributed by atoms with E-state index in [1.54, 1.807) is 17.6 Å². The summed E-state index contributed by atoms with van der Waals surface area (Å²) in [6, 6.07) is 2.05. The summed E-state index contributed by atoms with van der Waals surface area (Å²) in [5.74, 6) is -0.452. The number of carboxylic acids is 1. The lowest BCUT2D eigenvalue weighted by molar-refractivity contribution is -0.140. The van der Waals surface area contributed by atoms with Crippen molar-refractivity contribution in [3.63, 3.8) is 0 Å². The van der Waals surface area contributed by atoms with Crippen LogP contribution in [0.5, 0.6) is 0 Å². The van der Waals surface area contributed by atoms with E-state index in [1.165, 1.54) is 0 Å². The predicted octanol–water partition coefficient (Wildman–Crippen LogP) is 3.35. The largest absolute Gasteiger partial charge is 0.480 e. The van der Waals surface area contributed by atoms with Gasteiger partial charge in [-0.3, -0.25) is 23.9 Å². The molecule has 0 aromatic carbocycles. The van der Waals surface area contributed by atoms with Gasteiger partial charge in [0.25, 0.3) is 11.5 Å². The molecule has 8 nitrogen and oxygen atoms in total. The number of carboxylic acid groups (broad SMARTS) is 1. The average Bonchev–Trinajstić information content (AvgIpc) is 3.02. The number of hydrogen-bond acceptors (Lipinski definition) is 7. The Morgan fingerprint density at radius 3 is 2.73 bits per heavy atom. The first-order chi connectivity index (χ1) is 15.7. The lowest BCUT2D eigenvalue weighted by Gasteiger charge is -2.36. The molecule has 3 heterocycles. The van der Waals surface area contributed by atoms with Crippen LogP contribution in [0, 0.1) is 24.2 Å². The van der Waals surface area contributed by atoms with E-state index in [-0.39, 0.29) is 15.4 Å². The number of unbranched alkanes of at least 4 members (excludes halogenated alkanes) is 1. The van der Waals surface area contributed by atoms with Crippen LogP contribution in [-0.4, -0.2) is 50.4 Å². The maximum Gasteiger partial charge on any atom is 0.323 e. The zero-order valence-corrected chi connectivity index (χ0v) is 20.7. The summed E-state index contributed by atoms with van der Waals surface area (Å²) < 4.78 is 1.86. The van der Waals surface area contributed by atoms with Crippen molar-refractivity contribution in [1.82, 2.24) is 9.47 Å². The van der Waals surface area contributed by atoms with Crippen LogP contribution in [0.25, 0.3) is 6.08 Å². The summed E-state index contributed by atoms with van der Waals surface area (Å²) in [5, 5.41) is 18.9. The first-order valence-electron chi connectivity index (χ1n) is 11.1. The Balaban J connectivity index is 2.23. The van der Waals surface area contributed by atoms with Gasteiger partial charge in [0.2, 0.25) is 0 Å². The smallest absolute Gasteiger partial charge is 0.323 e. The molecule has 2 aliphatic heterocycles. The molecule has 0 radical (unpaired) electrons. The lowest BCUT2D eigenvalue weighted by atomic mass is 9.98. The number of aromatic nitrogens is 1. The van der Waals surface area contributed by atoms with E-state index in [1.807, 2.05) is 6.92 Å². The van der Waals surface area contributed by atoms with Crippen LogP contribution in [-0.2, 0) is 16.1 Å². The first-order valence-corrected chi connectivity index (χ1v) is 12.3. The van der Waals surface area contributed by atoms with E-state index < -0.39 is 18.4 Å². The normalized spacial score (nSPS) is 19.9. The van der Waals surface area contributed by atoms with Gasteiger partial charge in [-0.1, -0.05) is 44.2 Å². The number of rotatable bonds is 7. The number of anilines is 1. The van der Waals surface area contributed by atoms with Gasteiger partial charge < -0.3 is 10.0 Å². The monoisotopic (exact) mass is 488 g/mol. The maximum atomic E-state index is 13.3. The van der Waals surface area contributed by atoms with Gasteiger partial charge in [-0.15, -0.1) is 0 Å². The third-order valence-electron chi connectivity index (χ3n) is 5.98. The fraction of sp³-hybridized carbons (Fsp3) is 0.522. The Morgan fingerprint density at radius 1 is 1.39 bits per heavy atom. The van der Waals surface area contributed by atoms with E-state index in [2.05, 4.69) is 17.9 Å². The number of nitriles is 1. The average molecular weight is 489 g/mol. The molecule has 33 heavy (non-hydrogen) atoms. The van der Waals surface area contributed by atoms with Crippen LogP contribution in [0.4, 0.5) is 5.82 Å². The number of hydrogen-bond donors (Lipinski definition) is 1. The van der Waals surface area contributed by atoms with Crippen LogP contribution in [0.2, 0.25) is 0 Å². The number of pyridine rings is 1. The summed E-state index contributed by atoms with van der Waals surface area (Å²) in [6.45, 7) is 7.47. The highest BCUT2D eigenvalue weighted by molar-refractivity contribution is 8.26. The van der Waals surface area contributed by atoms with Crippen molar-refractivity contribution in [2.75, 3.05) is 24.5 Å². The van der Waals surface area contributed by atoms with Gasteiger partial charge in [0.1, 0.15) is 28.3 Å². The van der Waals surface area contributed by atoms with Crippen LogP contribution in [0.15, 0.2) is 9.70 Å². The third kappa shape index (κ3) is 5.14. The van der Waals surface area contributed by atoms with Gasteiger partial charge in [-0.05, 0) is 43.7 Å². The summed E-state index contributed by atoms with van der Waals surface area (Å²) in [7, 11) is 0. The van der Waals surface area contributed by atoms with Crippen molar-refractivity contribution in [1.29, 1.82) is 5.26 Å². The molecule has 0 bridgehead atoms. The molecule has 0 spiro atoms. The summed E-state index contributed by atoms with van der Waals surface area (Å²) in [4.78, 5) is 40.9. The maximum absolute atomic E-state index is 13.3. The number of thiocarbonyl (C=S) groups is 1. The Morgan fingerprint density at radius 2 is 2.12 bits per heavy atom. The summed E-state index contributed by atoms with van der Waals surface area (Å²) in [6.07, 6.45) is 5.44. The number of carbonyl (C=O) groups excluding carboxylic acids is 1. The molecule has 1 amide bonds. The minimum Gasteiger partial charge on any atom is -0.480 e. The Labute approximate surface area is 202 Å². The molecule has 0 aliphatic carbocycles. The fourth-order valence-corrected chi connectivity index (χ4v) is 5.53. The minimum atomic E-state index is -1.15. The molecule has 3 rings (SSSR count). The molecule has 1 unspecified atom stereocenters. The Kier molecular flexibility index (Phi) is 7.97. The summed E-state index contributed by atoms with van der Waals surface area (Å²) in [5.41, 5.74) is 0.915. The molecule has 1 aromatic heterocycles. The number of nitrogens with zero attached hydrogens (tertiary/aromatic N) is 4. The van der Waals surface area contributed by atoms with Gasteiger partial charge in [0.05, 0.1) is 4.91 Å². The lowest BCUT2D eigenvalue weighted by Crippen LogP contribution is -2.40. The summed E-state index contributed by atoms with van der Waals surface area (Å²) >= 11 is 6.28. The second-order valence-electron chi connectivity index (χ2n) is 8.51. The van der Waals surface area contributed by atoms with Gasteiger partial charge in [-0.25, -0.2) is 0 Å². The Hall–Kier alpha value is -2.64. The SMILES string of the molecule is CCCCn1c(N2CCCC(C)C2)c(/C=C2/SC(=S)N(CC(=O)O)C2=O)c(C)c(C#N)c1=O. The van der Waals surface area contributed by atoms with Crippen LogP contribution < -0.4 is 10.5 Å². The van der Waals surface area contributed by atoms with Crippen molar-refractivity contribution in [2.24, 2.45) is 5.92 Å². The molecule has 10 heteroatoms. The Bertz CT molecular complexity index is 1120. The van der Waals surface area contributed by atoms with Crippen LogP contribution in [0.3, 0.4) is 0 Å². The second kappa shape index (κ2) is 10.5. The van der Waals surface area contributed by atoms with Crippen LogP contribution in [0.1, 0.15) is 56.2 Å². The van der Waals surface area contributed by atoms with Crippen molar-refractivity contribution < 1.29 is 14.7 Å². The number of carbonyl (C=O) groups is 2. The number of piperidine rings is 1. The molecule has 176 valence electrons. The molecule has 1 N–H and O–H groups in total. The van der Waals surface area contributed by atoms with Crippen molar-refractivity contribution in [3.8, 4) is 6.07 Å². The highest BCUT2D eigenvalue weighted by Gasteiger charge is 2.34. The molecule has 2 fully saturated rings. The van der Waals surface area contributed by atoms with Crippen molar-refractivity contribution in [2.45, 2.75) is 53.0 Å². The molecule has 2 aliphatic rings. The van der Waals surface area contributed by atoms with E-state index in [0.29, 0.717) is 28.5 Å². The van der Waals surface area contributed by atoms with Gasteiger partial charge in [-0.2, -0.15) is 5.26 Å². The highest BCUT2D eigenvalue weighted by atomic mass is 32.2. The van der Waals surface area contributed by atoms with E-state index in [9.17, 15) is 19.6 Å². The van der Waals surface area contributed by atoms with Gasteiger partial charge in [0.15, 0.2) is 0 Å². The van der Waals surface area contributed by atoms with E-state index in [4.69, 9.17) is 17.3 Å². The fourth-order valence-electron chi connectivity index (χ4n) is 4.29. The number of amides is 1. The molecule has 2 saturated heterocycles.